The van der Waals surface area contributed by atoms with Gasteiger partial charge in [-0.15, -0.1) is 0 Å². The van der Waals surface area contributed by atoms with Crippen LogP contribution in [0.4, 0.5) is 11.7 Å². The quantitative estimate of drug-likeness (QED) is 0.660. The van der Waals surface area contributed by atoms with Crippen LogP contribution >= 0.6 is 0 Å². The standard InChI is InChI=1S/C12H15N3O4/c1-12(2,7-18-3)14-11-13-9-6-8(15(16)17)4-5-10(9)19-11/h4-6H,7H2,1-3H3,(H,13,14). The lowest BCUT2D eigenvalue weighted by molar-refractivity contribution is -0.384. The first-order valence-corrected chi connectivity index (χ1v) is 5.73. The number of fused-ring (bicyclic) bond motifs is 1. The molecule has 0 bridgehead atoms. The van der Waals surface area contributed by atoms with Crippen molar-refractivity contribution in [1.29, 1.82) is 0 Å². The van der Waals surface area contributed by atoms with Crippen LogP contribution in [0.15, 0.2) is 22.6 Å². The van der Waals surface area contributed by atoms with Crippen molar-refractivity contribution in [2.75, 3.05) is 19.0 Å². The minimum atomic E-state index is -0.462. The van der Waals surface area contributed by atoms with Crippen LogP contribution in [0.1, 0.15) is 13.8 Å². The minimum Gasteiger partial charge on any atom is -0.424 e. The monoisotopic (exact) mass is 265 g/mol. The van der Waals surface area contributed by atoms with Crippen molar-refractivity contribution in [3.05, 3.63) is 28.3 Å². The van der Waals surface area contributed by atoms with Crippen LogP contribution in [0.2, 0.25) is 0 Å². The highest BCUT2D eigenvalue weighted by atomic mass is 16.6. The van der Waals surface area contributed by atoms with Crippen LogP contribution in [0, 0.1) is 10.1 Å². The molecule has 7 heteroatoms. The maximum atomic E-state index is 10.7. The number of nitrogens with one attached hydrogen (secondary N) is 1. The van der Waals surface area contributed by atoms with Gasteiger partial charge in [0.2, 0.25) is 0 Å². The van der Waals surface area contributed by atoms with E-state index in [4.69, 9.17) is 9.15 Å². The third kappa shape index (κ3) is 3.00. The van der Waals surface area contributed by atoms with E-state index in [1.54, 1.807) is 7.11 Å². The van der Waals surface area contributed by atoms with E-state index in [-0.39, 0.29) is 11.2 Å². The highest BCUT2D eigenvalue weighted by Crippen LogP contribution is 2.25. The molecule has 1 aromatic carbocycles. The average Bonchev–Trinajstić information content (AvgIpc) is 2.68. The predicted octanol–water partition coefficient (Wildman–Crippen LogP) is 2.57. The summed E-state index contributed by atoms with van der Waals surface area (Å²) in [6.07, 6.45) is 0. The molecule has 0 radical (unpaired) electrons. The Morgan fingerprint density at radius 2 is 2.26 bits per heavy atom. The Hall–Kier alpha value is -2.15. The van der Waals surface area contributed by atoms with Crippen LogP contribution in [0.3, 0.4) is 0 Å². The van der Waals surface area contributed by atoms with Crippen molar-refractivity contribution < 1.29 is 14.1 Å². The third-order valence-electron chi connectivity index (χ3n) is 2.53. The molecule has 2 aromatic rings. The van der Waals surface area contributed by atoms with Crippen molar-refractivity contribution in [2.24, 2.45) is 0 Å². The topological polar surface area (TPSA) is 90.4 Å². The number of methoxy groups -OCH3 is 1. The van der Waals surface area contributed by atoms with E-state index >= 15 is 0 Å². The zero-order valence-corrected chi connectivity index (χ0v) is 11.0. The Bertz CT molecular complexity index is 606. The smallest absolute Gasteiger partial charge is 0.296 e. The van der Waals surface area contributed by atoms with Crippen molar-refractivity contribution in [2.45, 2.75) is 19.4 Å². The fraction of sp³-hybridized carbons (Fsp3) is 0.417. The number of hydrogen-bond acceptors (Lipinski definition) is 6. The van der Waals surface area contributed by atoms with Gasteiger partial charge in [-0.25, -0.2) is 0 Å². The van der Waals surface area contributed by atoms with Crippen LogP contribution in [0.25, 0.3) is 11.1 Å². The third-order valence-corrected chi connectivity index (χ3v) is 2.53. The molecular weight excluding hydrogens is 250 g/mol. The number of ether oxygens (including phenoxy) is 1. The van der Waals surface area contributed by atoms with E-state index in [9.17, 15) is 10.1 Å². The predicted molar refractivity (Wildman–Crippen MR) is 70.2 cm³/mol. The molecule has 0 saturated carbocycles. The SMILES string of the molecule is COCC(C)(C)Nc1nc2cc([N+](=O)[O-])ccc2o1. The molecule has 0 atom stereocenters. The van der Waals surface area contributed by atoms with Gasteiger partial charge in [0.15, 0.2) is 5.58 Å². The molecule has 19 heavy (non-hydrogen) atoms. The molecule has 2 rings (SSSR count). The van der Waals surface area contributed by atoms with Crippen molar-refractivity contribution >= 4 is 22.8 Å². The first kappa shape index (κ1) is 13.3. The number of nitro groups is 1. The van der Waals surface area contributed by atoms with Crippen molar-refractivity contribution in [3.63, 3.8) is 0 Å². The van der Waals surface area contributed by atoms with Crippen molar-refractivity contribution in [3.8, 4) is 0 Å². The van der Waals surface area contributed by atoms with Gasteiger partial charge < -0.3 is 14.5 Å². The Labute approximate surface area is 109 Å². The number of anilines is 1. The Kier molecular flexibility index (Phi) is 3.39. The highest BCUT2D eigenvalue weighted by molar-refractivity contribution is 5.77. The Morgan fingerprint density at radius 3 is 2.89 bits per heavy atom. The average molecular weight is 265 g/mol. The lowest BCUT2D eigenvalue weighted by Crippen LogP contribution is -2.35. The van der Waals surface area contributed by atoms with E-state index in [1.807, 2.05) is 13.8 Å². The van der Waals surface area contributed by atoms with E-state index in [0.717, 1.165) is 0 Å². The lowest BCUT2D eigenvalue weighted by atomic mass is 10.1. The molecular formula is C12H15N3O4. The number of rotatable bonds is 5. The molecule has 0 fully saturated rings. The summed E-state index contributed by atoms with van der Waals surface area (Å²) in [5.74, 6) is 0. The second kappa shape index (κ2) is 4.85. The van der Waals surface area contributed by atoms with Gasteiger partial charge >= 0.3 is 0 Å². The van der Waals surface area contributed by atoms with E-state index in [1.165, 1.54) is 18.2 Å². The normalized spacial score (nSPS) is 11.7. The van der Waals surface area contributed by atoms with Crippen LogP contribution in [-0.4, -0.2) is 29.2 Å². The molecule has 0 aliphatic carbocycles. The zero-order chi connectivity index (χ0) is 14.0. The number of nitro benzene ring substituents is 1. The molecule has 102 valence electrons. The number of benzene rings is 1. The Morgan fingerprint density at radius 1 is 1.53 bits per heavy atom. The molecule has 7 nitrogen and oxygen atoms in total. The number of non-ortho nitro benzene ring substituents is 1. The van der Waals surface area contributed by atoms with Gasteiger partial charge in [-0.3, -0.25) is 10.1 Å². The van der Waals surface area contributed by atoms with E-state index in [2.05, 4.69) is 10.3 Å². The van der Waals surface area contributed by atoms with Crippen LogP contribution < -0.4 is 5.32 Å². The second-order valence-corrected chi connectivity index (χ2v) is 4.87. The molecule has 0 aliphatic rings. The summed E-state index contributed by atoms with van der Waals surface area (Å²) in [4.78, 5) is 14.4. The summed E-state index contributed by atoms with van der Waals surface area (Å²) >= 11 is 0. The molecule has 0 spiro atoms. The summed E-state index contributed by atoms with van der Waals surface area (Å²) < 4.78 is 10.6. The van der Waals surface area contributed by atoms with E-state index in [0.29, 0.717) is 23.7 Å². The van der Waals surface area contributed by atoms with Gasteiger partial charge in [-0.2, -0.15) is 4.98 Å². The molecule has 0 unspecified atom stereocenters. The number of hydrogen-bond donors (Lipinski definition) is 1. The second-order valence-electron chi connectivity index (χ2n) is 4.87. The number of oxazole rings is 1. The van der Waals surface area contributed by atoms with Crippen LogP contribution in [-0.2, 0) is 4.74 Å². The zero-order valence-electron chi connectivity index (χ0n) is 11.0. The minimum absolute atomic E-state index is 0.0106. The van der Waals surface area contributed by atoms with Gasteiger partial charge in [0.25, 0.3) is 11.7 Å². The van der Waals surface area contributed by atoms with Gasteiger partial charge in [0.1, 0.15) is 5.52 Å². The molecule has 0 aliphatic heterocycles. The molecule has 0 saturated heterocycles. The highest BCUT2D eigenvalue weighted by Gasteiger charge is 2.20. The van der Waals surface area contributed by atoms with Gasteiger partial charge in [-0.05, 0) is 19.9 Å². The summed E-state index contributed by atoms with van der Waals surface area (Å²) in [5, 5.41) is 13.8. The van der Waals surface area contributed by atoms with Crippen LogP contribution in [0.5, 0.6) is 0 Å². The van der Waals surface area contributed by atoms with Gasteiger partial charge in [-0.1, -0.05) is 0 Å². The largest absolute Gasteiger partial charge is 0.424 e. The van der Waals surface area contributed by atoms with Gasteiger partial charge in [0, 0.05) is 19.2 Å². The maximum Gasteiger partial charge on any atom is 0.296 e. The first-order valence-electron chi connectivity index (χ1n) is 5.73. The maximum absolute atomic E-state index is 10.7. The number of nitrogens with zero attached hydrogens (tertiary/aromatic N) is 2. The molecule has 1 aromatic heterocycles. The summed E-state index contributed by atoms with van der Waals surface area (Å²) in [6, 6.07) is 4.62. The summed E-state index contributed by atoms with van der Waals surface area (Å²) in [7, 11) is 1.61. The fourth-order valence-corrected chi connectivity index (χ4v) is 1.77. The van der Waals surface area contributed by atoms with Crippen molar-refractivity contribution in [1.82, 2.24) is 4.98 Å². The summed E-state index contributed by atoms with van der Waals surface area (Å²) in [5.41, 5.74) is 0.594. The lowest BCUT2D eigenvalue weighted by Gasteiger charge is -2.23. The number of aromatic nitrogens is 1. The molecule has 0 amide bonds. The molecule has 1 N–H and O–H groups in total. The Balaban J connectivity index is 2.29. The van der Waals surface area contributed by atoms with E-state index < -0.39 is 4.92 Å². The van der Waals surface area contributed by atoms with Gasteiger partial charge in [0.05, 0.1) is 17.1 Å². The molecule has 1 heterocycles. The summed E-state index contributed by atoms with van der Waals surface area (Å²) in [6.45, 7) is 4.35. The first-order chi connectivity index (χ1) is 8.91. The fourth-order valence-electron chi connectivity index (χ4n) is 1.77.